The number of hydrazone groups is 1. The molecule has 0 fully saturated rings. The largest absolute Gasteiger partial charge is 0.481 e. The Balaban J connectivity index is 1.72. The number of carbonyl (C=O) groups excluding carboxylic acids is 2. The summed E-state index contributed by atoms with van der Waals surface area (Å²) >= 11 is 4.54. The molecule has 3 aromatic rings. The highest BCUT2D eigenvalue weighted by Crippen LogP contribution is 2.29. The maximum atomic E-state index is 12.4. The lowest BCUT2D eigenvalue weighted by atomic mass is 10.2. The van der Waals surface area contributed by atoms with Gasteiger partial charge in [0.15, 0.2) is 6.61 Å². The summed E-state index contributed by atoms with van der Waals surface area (Å²) in [7, 11) is 1.26. The van der Waals surface area contributed by atoms with E-state index in [9.17, 15) is 19.7 Å². The normalized spacial score (nSPS) is 10.9. The number of nitro benzene ring substituents is 1. The number of fused-ring (bicyclic) bond motifs is 1. The van der Waals surface area contributed by atoms with Gasteiger partial charge in [0.05, 0.1) is 23.1 Å². The number of ether oxygens (including phenoxy) is 2. The standard InChI is InChI=1S/C19H14BrN3O6S/c1-28-18(24)10-29-15-4-2-13(20)6-12(15)9-21-22-19(25)17-8-11-7-14(23(26)27)3-5-16(11)30-17/h2-9H,10H2,1H3,(H,22,25). The monoisotopic (exact) mass is 491 g/mol. The smallest absolute Gasteiger partial charge is 0.343 e. The van der Waals surface area contributed by atoms with E-state index in [2.05, 4.69) is 31.2 Å². The summed E-state index contributed by atoms with van der Waals surface area (Å²) in [5, 5.41) is 15.4. The molecule has 154 valence electrons. The number of carbonyl (C=O) groups is 2. The molecule has 2 aromatic carbocycles. The van der Waals surface area contributed by atoms with Gasteiger partial charge in [-0.3, -0.25) is 14.9 Å². The van der Waals surface area contributed by atoms with Gasteiger partial charge in [0.1, 0.15) is 5.75 Å². The minimum absolute atomic E-state index is 0.0422. The number of halogens is 1. The number of benzene rings is 2. The topological polar surface area (TPSA) is 120 Å². The number of hydrogen-bond donors (Lipinski definition) is 1. The number of esters is 1. The molecule has 0 aliphatic rings. The first-order valence-corrected chi connectivity index (χ1v) is 9.99. The third-order valence-electron chi connectivity index (χ3n) is 3.85. The van der Waals surface area contributed by atoms with Crippen molar-refractivity contribution in [1.82, 2.24) is 5.43 Å². The van der Waals surface area contributed by atoms with Gasteiger partial charge in [-0.1, -0.05) is 15.9 Å². The molecule has 0 bridgehead atoms. The van der Waals surface area contributed by atoms with Gasteiger partial charge in [0, 0.05) is 32.3 Å². The summed E-state index contributed by atoms with van der Waals surface area (Å²) < 4.78 is 11.5. The summed E-state index contributed by atoms with van der Waals surface area (Å²) in [5.74, 6) is -0.600. The van der Waals surface area contributed by atoms with Gasteiger partial charge in [-0.15, -0.1) is 11.3 Å². The Hall–Kier alpha value is -3.31. The van der Waals surface area contributed by atoms with Gasteiger partial charge in [0.2, 0.25) is 0 Å². The quantitative estimate of drug-likeness (QED) is 0.231. The molecule has 0 saturated carbocycles. The molecule has 0 radical (unpaired) electrons. The zero-order valence-electron chi connectivity index (χ0n) is 15.5. The zero-order chi connectivity index (χ0) is 21.7. The van der Waals surface area contributed by atoms with Crippen molar-refractivity contribution in [3.8, 4) is 5.75 Å². The first kappa shape index (κ1) is 21.4. The number of nitrogens with zero attached hydrogens (tertiary/aromatic N) is 2. The highest BCUT2D eigenvalue weighted by molar-refractivity contribution is 9.10. The van der Waals surface area contributed by atoms with E-state index in [1.165, 1.54) is 36.8 Å². The summed E-state index contributed by atoms with van der Waals surface area (Å²) in [5.41, 5.74) is 2.90. The number of hydrogen-bond acceptors (Lipinski definition) is 8. The number of amides is 1. The van der Waals surface area contributed by atoms with E-state index in [1.54, 1.807) is 30.3 Å². The first-order chi connectivity index (χ1) is 14.4. The second-order valence-corrected chi connectivity index (χ2v) is 7.84. The predicted molar refractivity (Wildman–Crippen MR) is 115 cm³/mol. The highest BCUT2D eigenvalue weighted by Gasteiger charge is 2.13. The fourth-order valence-corrected chi connectivity index (χ4v) is 3.73. The average molecular weight is 492 g/mol. The molecule has 0 unspecified atom stereocenters. The number of nitrogens with one attached hydrogen (secondary N) is 1. The molecule has 1 heterocycles. The molecule has 1 aromatic heterocycles. The van der Waals surface area contributed by atoms with Gasteiger partial charge >= 0.3 is 5.97 Å². The minimum atomic E-state index is -0.529. The lowest BCUT2D eigenvalue weighted by Gasteiger charge is -2.08. The van der Waals surface area contributed by atoms with Crippen LogP contribution in [0.3, 0.4) is 0 Å². The Bertz CT molecular complexity index is 1160. The van der Waals surface area contributed by atoms with Crippen molar-refractivity contribution >= 4 is 61.1 Å². The van der Waals surface area contributed by atoms with E-state index in [0.29, 0.717) is 21.6 Å². The highest BCUT2D eigenvalue weighted by atomic mass is 79.9. The summed E-state index contributed by atoms with van der Waals surface area (Å²) in [4.78, 5) is 34.4. The van der Waals surface area contributed by atoms with Crippen LogP contribution in [0.2, 0.25) is 0 Å². The summed E-state index contributed by atoms with van der Waals surface area (Å²) in [6.45, 7) is -0.265. The van der Waals surface area contributed by atoms with E-state index in [-0.39, 0.29) is 12.3 Å². The van der Waals surface area contributed by atoms with E-state index in [0.717, 1.165) is 9.17 Å². The van der Waals surface area contributed by atoms with Gasteiger partial charge in [-0.25, -0.2) is 10.2 Å². The van der Waals surface area contributed by atoms with Crippen LogP contribution in [0.5, 0.6) is 5.75 Å². The number of nitro groups is 1. The SMILES string of the molecule is COC(=O)COc1ccc(Br)cc1C=NNC(=O)c1cc2cc([N+](=O)[O-])ccc2s1. The van der Waals surface area contributed by atoms with Crippen molar-refractivity contribution in [3.63, 3.8) is 0 Å². The van der Waals surface area contributed by atoms with Crippen LogP contribution in [-0.2, 0) is 9.53 Å². The number of methoxy groups -OCH3 is 1. The molecule has 3 rings (SSSR count). The van der Waals surface area contributed by atoms with Crippen molar-refractivity contribution in [2.24, 2.45) is 5.10 Å². The molecular weight excluding hydrogens is 478 g/mol. The fourth-order valence-electron chi connectivity index (χ4n) is 2.42. The maximum Gasteiger partial charge on any atom is 0.343 e. The molecule has 1 N–H and O–H groups in total. The van der Waals surface area contributed by atoms with Crippen LogP contribution in [0.1, 0.15) is 15.2 Å². The minimum Gasteiger partial charge on any atom is -0.481 e. The van der Waals surface area contributed by atoms with E-state index in [1.807, 2.05) is 0 Å². The Kier molecular flexibility index (Phi) is 6.75. The Morgan fingerprint density at radius 3 is 2.80 bits per heavy atom. The molecule has 9 nitrogen and oxygen atoms in total. The van der Waals surface area contributed by atoms with E-state index >= 15 is 0 Å². The second kappa shape index (κ2) is 9.46. The van der Waals surface area contributed by atoms with E-state index < -0.39 is 16.8 Å². The van der Waals surface area contributed by atoms with Crippen molar-refractivity contribution in [1.29, 1.82) is 0 Å². The molecule has 30 heavy (non-hydrogen) atoms. The third-order valence-corrected chi connectivity index (χ3v) is 5.46. The zero-order valence-corrected chi connectivity index (χ0v) is 17.9. The average Bonchev–Trinajstić information content (AvgIpc) is 3.16. The Labute approximate surface area is 182 Å². The number of non-ortho nitro benzene ring substituents is 1. The fraction of sp³-hybridized carbons (Fsp3) is 0.105. The number of thiophene rings is 1. The molecule has 11 heteroatoms. The Morgan fingerprint density at radius 2 is 2.07 bits per heavy atom. The van der Waals surface area contributed by atoms with Gasteiger partial charge in [-0.05, 0) is 30.3 Å². The van der Waals surface area contributed by atoms with Crippen LogP contribution in [0.15, 0.2) is 52.0 Å². The molecule has 0 aliphatic carbocycles. The van der Waals surface area contributed by atoms with Gasteiger partial charge in [-0.2, -0.15) is 5.10 Å². The molecule has 0 aliphatic heterocycles. The molecule has 0 saturated heterocycles. The maximum absolute atomic E-state index is 12.4. The van der Waals surface area contributed by atoms with Crippen LogP contribution in [0.4, 0.5) is 5.69 Å². The number of rotatable bonds is 7. The lowest BCUT2D eigenvalue weighted by molar-refractivity contribution is -0.384. The molecule has 1 amide bonds. The molecule has 0 atom stereocenters. The summed E-state index contributed by atoms with van der Waals surface area (Å²) in [6, 6.07) is 11.1. The third kappa shape index (κ3) is 5.19. The molecule has 0 spiro atoms. The Morgan fingerprint density at radius 1 is 1.27 bits per heavy atom. The van der Waals surface area contributed by atoms with Crippen LogP contribution >= 0.6 is 27.3 Å². The van der Waals surface area contributed by atoms with Gasteiger partial charge in [0.25, 0.3) is 11.6 Å². The van der Waals surface area contributed by atoms with Crippen LogP contribution in [-0.4, -0.2) is 36.7 Å². The van der Waals surface area contributed by atoms with Crippen LogP contribution in [0, 0.1) is 10.1 Å². The van der Waals surface area contributed by atoms with Crippen molar-refractivity contribution in [2.45, 2.75) is 0 Å². The van der Waals surface area contributed by atoms with E-state index in [4.69, 9.17) is 4.74 Å². The van der Waals surface area contributed by atoms with Crippen molar-refractivity contribution in [3.05, 3.63) is 67.5 Å². The first-order valence-electron chi connectivity index (χ1n) is 8.38. The summed E-state index contributed by atoms with van der Waals surface area (Å²) in [6.07, 6.45) is 1.38. The predicted octanol–water partition coefficient (Wildman–Crippen LogP) is 3.89. The second-order valence-electron chi connectivity index (χ2n) is 5.84. The molecular formula is C19H14BrN3O6S. The van der Waals surface area contributed by atoms with Crippen molar-refractivity contribution < 1.29 is 24.0 Å². The van der Waals surface area contributed by atoms with Crippen molar-refractivity contribution in [2.75, 3.05) is 13.7 Å². The van der Waals surface area contributed by atoms with Crippen LogP contribution in [0.25, 0.3) is 10.1 Å². The van der Waals surface area contributed by atoms with Crippen LogP contribution < -0.4 is 10.2 Å². The van der Waals surface area contributed by atoms with Gasteiger partial charge < -0.3 is 9.47 Å². The lowest BCUT2D eigenvalue weighted by Crippen LogP contribution is -2.16.